The number of hydrogen-bond acceptors (Lipinski definition) is 3. The third-order valence-corrected chi connectivity index (χ3v) is 3.79. The highest BCUT2D eigenvalue weighted by atomic mass is 16.5. The highest BCUT2D eigenvalue weighted by molar-refractivity contribution is 6.05. The van der Waals surface area contributed by atoms with Crippen LogP contribution >= 0.6 is 0 Å². The molecule has 1 aliphatic rings. The lowest BCUT2D eigenvalue weighted by molar-refractivity contribution is 0.0976. The van der Waals surface area contributed by atoms with Gasteiger partial charge < -0.3 is 9.42 Å². The van der Waals surface area contributed by atoms with Crippen LogP contribution in [0.1, 0.15) is 47.8 Å². The van der Waals surface area contributed by atoms with E-state index >= 15 is 0 Å². The van der Waals surface area contributed by atoms with Gasteiger partial charge in [0.25, 0.3) is 5.91 Å². The van der Waals surface area contributed by atoms with Crippen LogP contribution in [0.15, 0.2) is 35.1 Å². The van der Waals surface area contributed by atoms with Gasteiger partial charge in [-0.3, -0.25) is 4.79 Å². The Morgan fingerprint density at radius 3 is 2.90 bits per heavy atom. The van der Waals surface area contributed by atoms with E-state index in [1.807, 2.05) is 0 Å². The third-order valence-electron chi connectivity index (χ3n) is 3.79. The summed E-state index contributed by atoms with van der Waals surface area (Å²) < 4.78 is 4.77. The molecule has 20 heavy (non-hydrogen) atoms. The number of hydrogen-bond donors (Lipinski definition) is 0. The molecule has 0 saturated heterocycles. The standard InChI is InChI=1S/C16H18N2O2/c1-11(2)12-5-6-15-13(10-12)4-3-8-18(15)16(19)14-7-9-20-17-14/h5-7,9-11H,3-4,8H2,1-2H3. The van der Waals surface area contributed by atoms with Crippen molar-refractivity contribution in [1.29, 1.82) is 0 Å². The summed E-state index contributed by atoms with van der Waals surface area (Å²) in [6.07, 6.45) is 3.44. The first-order valence-corrected chi connectivity index (χ1v) is 7.02. The monoisotopic (exact) mass is 270 g/mol. The van der Waals surface area contributed by atoms with Crippen molar-refractivity contribution in [1.82, 2.24) is 5.16 Å². The predicted octanol–water partition coefficient (Wildman–Crippen LogP) is 3.39. The van der Waals surface area contributed by atoms with Gasteiger partial charge in [-0.15, -0.1) is 0 Å². The second-order valence-corrected chi connectivity index (χ2v) is 5.49. The van der Waals surface area contributed by atoms with Gasteiger partial charge in [0.05, 0.1) is 0 Å². The van der Waals surface area contributed by atoms with Gasteiger partial charge in [0, 0.05) is 18.3 Å². The summed E-state index contributed by atoms with van der Waals surface area (Å²) in [6.45, 7) is 5.10. The fourth-order valence-electron chi connectivity index (χ4n) is 2.65. The lowest BCUT2D eigenvalue weighted by Gasteiger charge is -2.29. The summed E-state index contributed by atoms with van der Waals surface area (Å²) in [4.78, 5) is 14.3. The fourth-order valence-corrected chi connectivity index (χ4v) is 2.65. The number of rotatable bonds is 2. The molecule has 0 radical (unpaired) electrons. The van der Waals surface area contributed by atoms with Gasteiger partial charge in [-0.25, -0.2) is 0 Å². The maximum absolute atomic E-state index is 12.4. The Morgan fingerprint density at radius 1 is 1.35 bits per heavy atom. The molecule has 0 aliphatic carbocycles. The number of anilines is 1. The molecule has 0 atom stereocenters. The number of amides is 1. The lowest BCUT2D eigenvalue weighted by atomic mass is 9.94. The summed E-state index contributed by atoms with van der Waals surface area (Å²) in [7, 11) is 0. The minimum Gasteiger partial charge on any atom is -0.364 e. The van der Waals surface area contributed by atoms with Crippen LogP contribution in [-0.4, -0.2) is 17.6 Å². The Kier molecular flexibility index (Phi) is 3.30. The van der Waals surface area contributed by atoms with Gasteiger partial charge in [0.1, 0.15) is 6.26 Å². The minimum absolute atomic E-state index is 0.0861. The van der Waals surface area contributed by atoms with E-state index < -0.39 is 0 Å². The molecule has 4 heteroatoms. The topological polar surface area (TPSA) is 46.3 Å². The number of aromatic nitrogens is 1. The van der Waals surface area contributed by atoms with Gasteiger partial charge >= 0.3 is 0 Å². The molecule has 1 amide bonds. The summed E-state index contributed by atoms with van der Waals surface area (Å²) in [5, 5.41) is 3.74. The number of fused-ring (bicyclic) bond motifs is 1. The molecule has 0 fully saturated rings. The Labute approximate surface area is 118 Å². The van der Waals surface area contributed by atoms with Gasteiger partial charge in [-0.2, -0.15) is 0 Å². The molecule has 0 N–H and O–H groups in total. The molecule has 1 aromatic heterocycles. The van der Waals surface area contributed by atoms with E-state index in [4.69, 9.17) is 4.52 Å². The second kappa shape index (κ2) is 5.12. The number of benzene rings is 1. The number of carbonyl (C=O) groups is 1. The zero-order valence-electron chi connectivity index (χ0n) is 11.8. The first kappa shape index (κ1) is 12.9. The molecule has 1 aromatic carbocycles. The normalized spacial score (nSPS) is 14.4. The summed E-state index contributed by atoms with van der Waals surface area (Å²) >= 11 is 0. The SMILES string of the molecule is CC(C)c1ccc2c(c1)CCCN2C(=O)c1ccon1. The Balaban J connectivity index is 1.96. The largest absolute Gasteiger partial charge is 0.364 e. The molecule has 2 heterocycles. The van der Waals surface area contributed by atoms with E-state index in [0.717, 1.165) is 25.1 Å². The molecule has 1 aliphatic heterocycles. The van der Waals surface area contributed by atoms with E-state index in [1.54, 1.807) is 11.0 Å². The van der Waals surface area contributed by atoms with E-state index in [0.29, 0.717) is 11.6 Å². The van der Waals surface area contributed by atoms with Crippen molar-refractivity contribution >= 4 is 11.6 Å². The fraction of sp³-hybridized carbons (Fsp3) is 0.375. The number of nitrogens with zero attached hydrogens (tertiary/aromatic N) is 2. The van der Waals surface area contributed by atoms with Crippen molar-refractivity contribution in [3.63, 3.8) is 0 Å². The summed E-state index contributed by atoms with van der Waals surface area (Å²) in [6, 6.07) is 8.00. The van der Waals surface area contributed by atoms with E-state index in [9.17, 15) is 4.79 Å². The molecule has 4 nitrogen and oxygen atoms in total. The minimum atomic E-state index is -0.0861. The Hall–Kier alpha value is -2.10. The summed E-state index contributed by atoms with van der Waals surface area (Å²) in [5.74, 6) is 0.416. The van der Waals surface area contributed by atoms with Crippen LogP contribution in [0.2, 0.25) is 0 Å². The molecule has 104 valence electrons. The number of aryl methyl sites for hydroxylation is 1. The smallest absolute Gasteiger partial charge is 0.280 e. The molecule has 0 bridgehead atoms. The number of carbonyl (C=O) groups excluding carboxylic acids is 1. The van der Waals surface area contributed by atoms with Crippen LogP contribution in [-0.2, 0) is 6.42 Å². The molecule has 3 rings (SSSR count). The van der Waals surface area contributed by atoms with Gasteiger partial charge in [0.15, 0.2) is 5.69 Å². The van der Waals surface area contributed by atoms with E-state index in [-0.39, 0.29) is 5.91 Å². The van der Waals surface area contributed by atoms with Crippen LogP contribution in [0.5, 0.6) is 0 Å². The molecular formula is C16H18N2O2. The second-order valence-electron chi connectivity index (χ2n) is 5.49. The highest BCUT2D eigenvalue weighted by Crippen LogP contribution is 2.31. The summed E-state index contributed by atoms with van der Waals surface area (Å²) in [5.41, 5.74) is 3.94. The van der Waals surface area contributed by atoms with Crippen LogP contribution in [0.4, 0.5) is 5.69 Å². The first-order valence-electron chi connectivity index (χ1n) is 7.02. The van der Waals surface area contributed by atoms with Gasteiger partial charge in [-0.1, -0.05) is 31.1 Å². The van der Waals surface area contributed by atoms with Crippen molar-refractivity contribution in [3.8, 4) is 0 Å². The van der Waals surface area contributed by atoms with Gasteiger partial charge in [0.2, 0.25) is 0 Å². The van der Waals surface area contributed by atoms with E-state index in [1.165, 1.54) is 17.4 Å². The Morgan fingerprint density at radius 2 is 2.20 bits per heavy atom. The first-order chi connectivity index (χ1) is 9.66. The molecule has 2 aromatic rings. The molecule has 0 spiro atoms. The molecule has 0 saturated carbocycles. The maximum atomic E-state index is 12.4. The van der Waals surface area contributed by atoms with Crippen molar-refractivity contribution in [2.45, 2.75) is 32.6 Å². The Bertz CT molecular complexity index is 617. The zero-order valence-corrected chi connectivity index (χ0v) is 11.8. The average molecular weight is 270 g/mol. The lowest BCUT2D eigenvalue weighted by Crippen LogP contribution is -2.35. The van der Waals surface area contributed by atoms with Gasteiger partial charge in [-0.05, 0) is 36.0 Å². The van der Waals surface area contributed by atoms with Crippen molar-refractivity contribution < 1.29 is 9.32 Å². The zero-order chi connectivity index (χ0) is 14.1. The van der Waals surface area contributed by atoms with Crippen molar-refractivity contribution in [3.05, 3.63) is 47.3 Å². The van der Waals surface area contributed by atoms with Crippen molar-refractivity contribution in [2.24, 2.45) is 0 Å². The van der Waals surface area contributed by atoms with Crippen LogP contribution in [0.3, 0.4) is 0 Å². The highest BCUT2D eigenvalue weighted by Gasteiger charge is 2.25. The third kappa shape index (κ3) is 2.22. The van der Waals surface area contributed by atoms with Crippen LogP contribution in [0.25, 0.3) is 0 Å². The molecular weight excluding hydrogens is 252 g/mol. The van der Waals surface area contributed by atoms with Crippen LogP contribution in [0, 0.1) is 0 Å². The van der Waals surface area contributed by atoms with E-state index in [2.05, 4.69) is 37.2 Å². The quantitative estimate of drug-likeness (QED) is 0.840. The maximum Gasteiger partial charge on any atom is 0.280 e. The van der Waals surface area contributed by atoms with Crippen LogP contribution < -0.4 is 4.90 Å². The predicted molar refractivity (Wildman–Crippen MR) is 77.0 cm³/mol. The molecule has 0 unspecified atom stereocenters. The average Bonchev–Trinajstić information content (AvgIpc) is 2.99. The van der Waals surface area contributed by atoms with Crippen molar-refractivity contribution in [2.75, 3.05) is 11.4 Å².